The van der Waals surface area contributed by atoms with E-state index in [1.165, 1.54) is 46.6 Å². The second-order valence-corrected chi connectivity index (χ2v) is 9.54. The Labute approximate surface area is 178 Å². The Bertz CT molecular complexity index is 1160. The molecule has 2 aromatic heterocycles. The average molecular weight is 443 g/mol. The van der Waals surface area contributed by atoms with Gasteiger partial charge in [0.2, 0.25) is 5.91 Å². The van der Waals surface area contributed by atoms with E-state index in [1.54, 1.807) is 24.5 Å². The van der Waals surface area contributed by atoms with Crippen molar-refractivity contribution in [3.63, 3.8) is 0 Å². The topological polar surface area (TPSA) is 67.2 Å². The SMILES string of the molecule is C[C@H](Sc1nc2ccc(N=Cc3ccc(F)cc3)cc2s1)C(=O)Nc1nccs1. The Morgan fingerprint density at radius 1 is 1.28 bits per heavy atom. The van der Waals surface area contributed by atoms with Gasteiger partial charge in [0.15, 0.2) is 9.47 Å². The molecule has 1 N–H and O–H groups in total. The monoisotopic (exact) mass is 442 g/mol. The number of nitrogens with zero attached hydrogens (tertiary/aromatic N) is 3. The zero-order chi connectivity index (χ0) is 20.2. The van der Waals surface area contributed by atoms with Crippen molar-refractivity contribution in [3.8, 4) is 0 Å². The highest BCUT2D eigenvalue weighted by Crippen LogP contribution is 2.34. The predicted octanol–water partition coefficient (Wildman–Crippen LogP) is 5.76. The lowest BCUT2D eigenvalue weighted by molar-refractivity contribution is -0.115. The van der Waals surface area contributed by atoms with Gasteiger partial charge in [-0.3, -0.25) is 9.79 Å². The predicted molar refractivity (Wildman–Crippen MR) is 119 cm³/mol. The van der Waals surface area contributed by atoms with Crippen molar-refractivity contribution < 1.29 is 9.18 Å². The smallest absolute Gasteiger partial charge is 0.239 e. The lowest BCUT2D eigenvalue weighted by atomic mass is 10.2. The molecule has 0 aliphatic heterocycles. The number of carbonyl (C=O) groups is 1. The maximum Gasteiger partial charge on any atom is 0.239 e. The number of rotatable bonds is 6. The number of carbonyl (C=O) groups excluding carboxylic acids is 1. The van der Waals surface area contributed by atoms with E-state index in [4.69, 9.17) is 0 Å². The summed E-state index contributed by atoms with van der Waals surface area (Å²) < 4.78 is 14.8. The van der Waals surface area contributed by atoms with Gasteiger partial charge in [0.1, 0.15) is 5.82 Å². The van der Waals surface area contributed by atoms with Gasteiger partial charge in [-0.2, -0.15) is 0 Å². The summed E-state index contributed by atoms with van der Waals surface area (Å²) in [5, 5.41) is 4.92. The number of nitrogens with one attached hydrogen (secondary N) is 1. The second kappa shape index (κ2) is 8.81. The first-order chi connectivity index (χ1) is 14.1. The third-order valence-corrected chi connectivity index (χ3v) is 6.79. The van der Waals surface area contributed by atoms with E-state index in [1.807, 2.05) is 30.5 Å². The number of anilines is 1. The van der Waals surface area contributed by atoms with Crippen LogP contribution >= 0.6 is 34.4 Å². The van der Waals surface area contributed by atoms with Crippen LogP contribution in [0.25, 0.3) is 10.2 Å². The number of amides is 1. The third-order valence-electron chi connectivity index (χ3n) is 3.89. The molecule has 0 bridgehead atoms. The molecule has 0 saturated heterocycles. The van der Waals surface area contributed by atoms with Crippen molar-refractivity contribution in [2.45, 2.75) is 16.5 Å². The van der Waals surface area contributed by atoms with Crippen LogP contribution in [0.3, 0.4) is 0 Å². The summed E-state index contributed by atoms with van der Waals surface area (Å²) in [6.45, 7) is 1.85. The number of thioether (sulfide) groups is 1. The molecular weight excluding hydrogens is 427 g/mol. The number of hydrogen-bond donors (Lipinski definition) is 1. The van der Waals surface area contributed by atoms with Crippen LogP contribution in [0.15, 0.2) is 63.4 Å². The molecule has 0 fully saturated rings. The number of fused-ring (bicyclic) bond motifs is 1. The number of halogens is 1. The van der Waals surface area contributed by atoms with Crippen LogP contribution in [0, 0.1) is 5.82 Å². The van der Waals surface area contributed by atoms with Gasteiger partial charge >= 0.3 is 0 Å². The minimum absolute atomic E-state index is 0.103. The third kappa shape index (κ3) is 5.06. The van der Waals surface area contributed by atoms with E-state index in [0.717, 1.165) is 25.8 Å². The molecule has 0 aliphatic rings. The molecular formula is C20H15FN4OS3. The molecule has 0 saturated carbocycles. The number of hydrogen-bond acceptors (Lipinski definition) is 7. The maximum atomic E-state index is 13.0. The first kappa shape index (κ1) is 19.7. The molecule has 0 aliphatic carbocycles. The lowest BCUT2D eigenvalue weighted by Gasteiger charge is -2.07. The molecule has 29 heavy (non-hydrogen) atoms. The zero-order valence-corrected chi connectivity index (χ0v) is 17.7. The van der Waals surface area contributed by atoms with E-state index in [-0.39, 0.29) is 17.0 Å². The summed E-state index contributed by atoms with van der Waals surface area (Å²) in [6.07, 6.45) is 3.35. The summed E-state index contributed by atoms with van der Waals surface area (Å²) in [6, 6.07) is 11.9. The number of benzene rings is 2. The molecule has 0 spiro atoms. The molecule has 4 aromatic rings. The normalized spacial score (nSPS) is 12.5. The molecule has 0 unspecified atom stereocenters. The number of thiazole rings is 2. The van der Waals surface area contributed by atoms with Crippen LogP contribution < -0.4 is 5.32 Å². The molecule has 9 heteroatoms. The van der Waals surface area contributed by atoms with Crippen molar-refractivity contribution in [1.29, 1.82) is 0 Å². The summed E-state index contributed by atoms with van der Waals surface area (Å²) in [5.41, 5.74) is 2.48. The Morgan fingerprint density at radius 2 is 2.10 bits per heavy atom. The van der Waals surface area contributed by atoms with Gasteiger partial charge in [0, 0.05) is 17.8 Å². The number of aromatic nitrogens is 2. The summed E-state index contributed by atoms with van der Waals surface area (Å²) in [4.78, 5) is 25.4. The van der Waals surface area contributed by atoms with E-state index < -0.39 is 0 Å². The quantitative estimate of drug-likeness (QED) is 0.304. The first-order valence-corrected chi connectivity index (χ1v) is 11.2. The Balaban J connectivity index is 1.45. The van der Waals surface area contributed by atoms with Crippen LogP contribution in [0.5, 0.6) is 0 Å². The Hall–Kier alpha value is -2.62. The minimum Gasteiger partial charge on any atom is -0.301 e. The Morgan fingerprint density at radius 3 is 2.86 bits per heavy atom. The molecule has 4 rings (SSSR count). The lowest BCUT2D eigenvalue weighted by Crippen LogP contribution is -2.22. The summed E-state index contributed by atoms with van der Waals surface area (Å²) >= 11 is 4.33. The summed E-state index contributed by atoms with van der Waals surface area (Å²) in [5.74, 6) is -0.374. The molecule has 1 atom stereocenters. The highest BCUT2D eigenvalue weighted by atomic mass is 32.2. The fraction of sp³-hybridized carbons (Fsp3) is 0.100. The standard InChI is InChI=1S/C20H15FN4OS3/c1-12(18(26)25-19-22-8-9-27-19)28-20-24-16-7-6-15(10-17(16)29-20)23-11-13-2-4-14(21)5-3-13/h2-12H,1H3,(H,22,25,26)/t12-/m0/s1. The molecule has 1 amide bonds. The average Bonchev–Trinajstić information content (AvgIpc) is 3.36. The van der Waals surface area contributed by atoms with Crippen molar-refractivity contribution in [3.05, 3.63) is 65.4 Å². The Kier molecular flexibility index (Phi) is 5.98. The van der Waals surface area contributed by atoms with Gasteiger partial charge in [-0.15, -0.1) is 22.7 Å². The van der Waals surface area contributed by atoms with Crippen LogP contribution in [0.1, 0.15) is 12.5 Å². The van der Waals surface area contributed by atoms with Gasteiger partial charge < -0.3 is 5.32 Å². The first-order valence-electron chi connectivity index (χ1n) is 8.64. The van der Waals surface area contributed by atoms with Gasteiger partial charge in [-0.25, -0.2) is 14.4 Å². The van der Waals surface area contributed by atoms with E-state index in [9.17, 15) is 9.18 Å². The van der Waals surface area contributed by atoms with Crippen molar-refractivity contribution in [1.82, 2.24) is 9.97 Å². The molecule has 0 radical (unpaired) electrons. The second-order valence-electron chi connectivity index (χ2n) is 6.03. The van der Waals surface area contributed by atoms with E-state index in [2.05, 4.69) is 20.3 Å². The van der Waals surface area contributed by atoms with Crippen molar-refractivity contribution in [2.75, 3.05) is 5.32 Å². The van der Waals surface area contributed by atoms with Gasteiger partial charge in [-0.05, 0) is 42.8 Å². The van der Waals surface area contributed by atoms with Gasteiger partial charge in [0.05, 0.1) is 21.2 Å². The maximum absolute atomic E-state index is 13.0. The van der Waals surface area contributed by atoms with Crippen LogP contribution in [0.2, 0.25) is 0 Å². The molecule has 5 nitrogen and oxygen atoms in total. The van der Waals surface area contributed by atoms with Gasteiger partial charge in [0.25, 0.3) is 0 Å². The largest absolute Gasteiger partial charge is 0.301 e. The van der Waals surface area contributed by atoms with Crippen LogP contribution in [-0.4, -0.2) is 27.3 Å². The summed E-state index contributed by atoms with van der Waals surface area (Å²) in [7, 11) is 0. The van der Waals surface area contributed by atoms with Crippen molar-refractivity contribution >= 4 is 67.6 Å². The molecule has 2 heterocycles. The number of aliphatic imine (C=N–C) groups is 1. The zero-order valence-electron chi connectivity index (χ0n) is 15.2. The minimum atomic E-state index is -0.296. The van der Waals surface area contributed by atoms with Crippen molar-refractivity contribution in [2.24, 2.45) is 4.99 Å². The molecule has 2 aromatic carbocycles. The van der Waals surface area contributed by atoms with Crippen LogP contribution in [-0.2, 0) is 4.79 Å². The van der Waals surface area contributed by atoms with Gasteiger partial charge in [-0.1, -0.05) is 23.9 Å². The highest BCUT2D eigenvalue weighted by Gasteiger charge is 2.18. The van der Waals surface area contributed by atoms with Crippen LogP contribution in [0.4, 0.5) is 15.2 Å². The highest BCUT2D eigenvalue weighted by molar-refractivity contribution is 8.02. The van der Waals surface area contributed by atoms with E-state index in [0.29, 0.717) is 5.13 Å². The fourth-order valence-electron chi connectivity index (χ4n) is 2.42. The fourth-order valence-corrected chi connectivity index (χ4v) is 5.19. The molecule has 146 valence electrons. The van der Waals surface area contributed by atoms with E-state index >= 15 is 0 Å².